The Morgan fingerprint density at radius 1 is 1.25 bits per heavy atom. The molecule has 0 N–H and O–H groups in total. The van der Waals surface area contributed by atoms with Crippen LogP contribution in [-0.4, -0.2) is 27.5 Å². The highest BCUT2D eigenvalue weighted by Crippen LogP contribution is 2.37. The minimum atomic E-state index is -0.267. The third-order valence-corrected chi connectivity index (χ3v) is 5.74. The van der Waals surface area contributed by atoms with Crippen LogP contribution in [0.15, 0.2) is 41.6 Å². The van der Waals surface area contributed by atoms with E-state index in [-0.39, 0.29) is 11.9 Å². The molecule has 0 radical (unpaired) electrons. The van der Waals surface area contributed by atoms with Gasteiger partial charge in [0.05, 0.1) is 6.61 Å². The van der Waals surface area contributed by atoms with Crippen LogP contribution < -0.4 is 9.47 Å². The summed E-state index contributed by atoms with van der Waals surface area (Å²) in [7, 11) is 1.91. The van der Waals surface area contributed by atoms with Crippen LogP contribution in [0.3, 0.4) is 0 Å². The maximum atomic E-state index is 13.2. The third-order valence-electron chi connectivity index (χ3n) is 4.67. The van der Waals surface area contributed by atoms with Crippen LogP contribution in [0.4, 0.5) is 4.39 Å². The first-order valence-corrected chi connectivity index (χ1v) is 10.3. The molecular weight excluding hydrogens is 377 g/mol. The molecule has 4 rings (SSSR count). The van der Waals surface area contributed by atoms with E-state index in [4.69, 9.17) is 9.47 Å². The smallest absolute Gasteiger partial charge is 0.191 e. The second kappa shape index (κ2) is 7.83. The summed E-state index contributed by atoms with van der Waals surface area (Å²) in [5.41, 5.74) is 3.10. The van der Waals surface area contributed by atoms with E-state index in [0.717, 1.165) is 34.2 Å². The second-order valence-electron chi connectivity index (χ2n) is 6.79. The van der Waals surface area contributed by atoms with Crippen molar-refractivity contribution < 1.29 is 13.9 Å². The molecule has 0 fully saturated rings. The standard InChI is InChI=1S/C21H22FN3O2S/c1-4-26-18-10-15-9-13(2)27-19(15)11-16(18)12-28-21-24-23-20(25(21)3)14-5-7-17(22)8-6-14/h5-8,10-11,13H,4,9,12H2,1-3H3. The van der Waals surface area contributed by atoms with Crippen molar-refractivity contribution in [1.82, 2.24) is 14.8 Å². The van der Waals surface area contributed by atoms with Crippen LogP contribution in [0.1, 0.15) is 25.0 Å². The fourth-order valence-electron chi connectivity index (χ4n) is 3.32. The number of fused-ring (bicyclic) bond motifs is 1. The van der Waals surface area contributed by atoms with Crippen LogP contribution >= 0.6 is 11.8 Å². The minimum absolute atomic E-state index is 0.199. The van der Waals surface area contributed by atoms with Gasteiger partial charge in [0, 0.05) is 35.9 Å². The Morgan fingerprint density at radius 2 is 2.04 bits per heavy atom. The van der Waals surface area contributed by atoms with Gasteiger partial charge in [-0.1, -0.05) is 11.8 Å². The largest absolute Gasteiger partial charge is 0.494 e. The summed E-state index contributed by atoms with van der Waals surface area (Å²) in [6, 6.07) is 10.4. The predicted octanol–water partition coefficient (Wildman–Crippen LogP) is 4.64. The van der Waals surface area contributed by atoms with Gasteiger partial charge in [-0.15, -0.1) is 10.2 Å². The lowest BCUT2D eigenvalue weighted by Crippen LogP contribution is -2.05. The van der Waals surface area contributed by atoms with Crippen molar-refractivity contribution >= 4 is 11.8 Å². The van der Waals surface area contributed by atoms with Gasteiger partial charge in [0.25, 0.3) is 0 Å². The quantitative estimate of drug-likeness (QED) is 0.566. The lowest BCUT2D eigenvalue weighted by molar-refractivity contribution is 0.254. The highest BCUT2D eigenvalue weighted by Gasteiger charge is 2.22. The number of halogens is 1. The topological polar surface area (TPSA) is 49.2 Å². The van der Waals surface area contributed by atoms with E-state index in [1.807, 2.05) is 18.5 Å². The van der Waals surface area contributed by atoms with E-state index in [1.54, 1.807) is 23.9 Å². The van der Waals surface area contributed by atoms with Crippen molar-refractivity contribution in [3.63, 3.8) is 0 Å². The third kappa shape index (κ3) is 3.71. The molecule has 146 valence electrons. The van der Waals surface area contributed by atoms with Gasteiger partial charge in [-0.3, -0.25) is 0 Å². The summed E-state index contributed by atoms with van der Waals surface area (Å²) in [5, 5.41) is 9.36. The Kier molecular flexibility index (Phi) is 5.26. The number of aromatic nitrogens is 3. The lowest BCUT2D eigenvalue weighted by Gasteiger charge is -2.12. The summed E-state index contributed by atoms with van der Waals surface area (Å²) >= 11 is 1.58. The number of benzene rings is 2. The zero-order valence-corrected chi connectivity index (χ0v) is 16.9. The Bertz CT molecular complexity index is 988. The van der Waals surface area contributed by atoms with Gasteiger partial charge in [0.2, 0.25) is 0 Å². The SMILES string of the molecule is CCOc1cc2c(cc1CSc1nnc(-c3ccc(F)cc3)n1C)OC(C)C2. The van der Waals surface area contributed by atoms with Gasteiger partial charge in [-0.05, 0) is 50.2 Å². The monoisotopic (exact) mass is 399 g/mol. The van der Waals surface area contributed by atoms with Crippen LogP contribution in [-0.2, 0) is 19.2 Å². The minimum Gasteiger partial charge on any atom is -0.494 e. The summed E-state index contributed by atoms with van der Waals surface area (Å²) in [6.07, 6.45) is 1.11. The van der Waals surface area contributed by atoms with E-state index in [1.165, 1.54) is 17.7 Å². The number of hydrogen-bond donors (Lipinski definition) is 0. The van der Waals surface area contributed by atoms with E-state index in [2.05, 4.69) is 29.3 Å². The van der Waals surface area contributed by atoms with Crippen LogP contribution in [0.25, 0.3) is 11.4 Å². The first-order chi connectivity index (χ1) is 13.5. The molecular formula is C21H22FN3O2S. The average molecular weight is 399 g/mol. The first kappa shape index (κ1) is 18.8. The lowest BCUT2D eigenvalue weighted by atomic mass is 10.1. The van der Waals surface area contributed by atoms with Gasteiger partial charge in [0.1, 0.15) is 23.4 Å². The first-order valence-electron chi connectivity index (χ1n) is 9.28. The van der Waals surface area contributed by atoms with Gasteiger partial charge in [-0.2, -0.15) is 0 Å². The molecule has 3 aromatic rings. The number of hydrogen-bond acceptors (Lipinski definition) is 5. The fourth-order valence-corrected chi connectivity index (χ4v) is 4.21. The molecule has 5 nitrogen and oxygen atoms in total. The molecule has 0 saturated heterocycles. The summed E-state index contributed by atoms with van der Waals surface area (Å²) < 4.78 is 26.8. The molecule has 0 aliphatic carbocycles. The Balaban J connectivity index is 1.55. The number of thioether (sulfide) groups is 1. The van der Waals surface area contributed by atoms with Crippen molar-refractivity contribution in [1.29, 1.82) is 0 Å². The highest BCUT2D eigenvalue weighted by molar-refractivity contribution is 7.98. The molecule has 1 atom stereocenters. The second-order valence-corrected chi connectivity index (χ2v) is 7.74. The van der Waals surface area contributed by atoms with E-state index in [9.17, 15) is 4.39 Å². The van der Waals surface area contributed by atoms with E-state index >= 15 is 0 Å². The van der Waals surface area contributed by atoms with Crippen molar-refractivity contribution in [2.75, 3.05) is 6.61 Å². The predicted molar refractivity (Wildman–Crippen MR) is 107 cm³/mol. The molecule has 28 heavy (non-hydrogen) atoms. The van der Waals surface area contributed by atoms with Crippen molar-refractivity contribution in [2.24, 2.45) is 7.05 Å². The van der Waals surface area contributed by atoms with Crippen molar-refractivity contribution in [2.45, 2.75) is 37.3 Å². The average Bonchev–Trinajstić information content (AvgIpc) is 3.22. The number of rotatable bonds is 6. The molecule has 0 bridgehead atoms. The van der Waals surface area contributed by atoms with Gasteiger partial charge >= 0.3 is 0 Å². The highest BCUT2D eigenvalue weighted by atomic mass is 32.2. The zero-order chi connectivity index (χ0) is 19.7. The zero-order valence-electron chi connectivity index (χ0n) is 16.1. The molecule has 7 heteroatoms. The van der Waals surface area contributed by atoms with E-state index in [0.29, 0.717) is 18.2 Å². The number of ether oxygens (including phenoxy) is 2. The fraction of sp³-hybridized carbons (Fsp3) is 0.333. The van der Waals surface area contributed by atoms with Gasteiger partial charge < -0.3 is 14.0 Å². The molecule has 1 aromatic heterocycles. The molecule has 1 unspecified atom stereocenters. The van der Waals surface area contributed by atoms with Crippen LogP contribution in [0.2, 0.25) is 0 Å². The maximum Gasteiger partial charge on any atom is 0.191 e. The van der Waals surface area contributed by atoms with Crippen LogP contribution in [0, 0.1) is 5.82 Å². The Labute approximate surface area is 167 Å². The maximum absolute atomic E-state index is 13.2. The van der Waals surface area contributed by atoms with Gasteiger partial charge in [0.15, 0.2) is 11.0 Å². The molecule has 1 aliphatic rings. The Morgan fingerprint density at radius 3 is 2.79 bits per heavy atom. The molecule has 2 aromatic carbocycles. The summed E-state index contributed by atoms with van der Waals surface area (Å²) in [5.74, 6) is 2.97. The number of nitrogens with zero attached hydrogens (tertiary/aromatic N) is 3. The van der Waals surface area contributed by atoms with Crippen molar-refractivity contribution in [3.8, 4) is 22.9 Å². The molecule has 1 aliphatic heterocycles. The van der Waals surface area contributed by atoms with Gasteiger partial charge in [-0.25, -0.2) is 4.39 Å². The van der Waals surface area contributed by atoms with Crippen LogP contribution in [0.5, 0.6) is 11.5 Å². The molecule has 0 saturated carbocycles. The molecule has 0 spiro atoms. The molecule has 2 heterocycles. The van der Waals surface area contributed by atoms with Crippen molar-refractivity contribution in [3.05, 3.63) is 53.3 Å². The van der Waals surface area contributed by atoms with E-state index < -0.39 is 0 Å². The summed E-state index contributed by atoms with van der Waals surface area (Å²) in [6.45, 7) is 4.68. The Hall–Kier alpha value is -2.54. The summed E-state index contributed by atoms with van der Waals surface area (Å²) in [4.78, 5) is 0. The molecule has 0 amide bonds. The normalized spacial score (nSPS) is 15.4.